The zero-order valence-electron chi connectivity index (χ0n) is 10.7. The van der Waals surface area contributed by atoms with Gasteiger partial charge < -0.3 is 9.67 Å². The Kier molecular flexibility index (Phi) is 4.52. The average molecular weight is 265 g/mol. The molecule has 0 radical (unpaired) electrons. The Balaban J connectivity index is 2.27. The molecule has 0 saturated heterocycles. The predicted octanol–water partition coefficient (Wildman–Crippen LogP) is 1.93. The molecule has 0 aliphatic heterocycles. The zero-order chi connectivity index (χ0) is 13.0. The van der Waals surface area contributed by atoms with E-state index in [9.17, 15) is 5.11 Å². The molecule has 0 aliphatic rings. The number of aromatic nitrogens is 2. The normalized spacial score (nSPS) is 14.6. The molecule has 18 heavy (non-hydrogen) atoms. The van der Waals surface area contributed by atoms with Crippen molar-refractivity contribution in [2.45, 2.75) is 25.4 Å². The fourth-order valence-corrected chi connectivity index (χ4v) is 2.71. The molecule has 0 aliphatic carbocycles. The molecule has 0 bridgehead atoms. The van der Waals surface area contributed by atoms with E-state index in [0.717, 1.165) is 12.2 Å². The summed E-state index contributed by atoms with van der Waals surface area (Å²) in [6, 6.07) is 4.27. The van der Waals surface area contributed by atoms with Crippen molar-refractivity contribution in [3.63, 3.8) is 0 Å². The van der Waals surface area contributed by atoms with Gasteiger partial charge >= 0.3 is 0 Å². The Bertz CT molecular complexity index is 462. The van der Waals surface area contributed by atoms with E-state index in [1.54, 1.807) is 17.5 Å². The first-order valence-electron chi connectivity index (χ1n) is 6.13. The summed E-state index contributed by atoms with van der Waals surface area (Å²) >= 11 is 1.70. The number of imidazole rings is 1. The van der Waals surface area contributed by atoms with Gasteiger partial charge in [-0.1, -0.05) is 13.0 Å². The average Bonchev–Trinajstić information content (AvgIpc) is 3.03. The largest absolute Gasteiger partial charge is 0.395 e. The third kappa shape index (κ3) is 2.80. The van der Waals surface area contributed by atoms with Gasteiger partial charge in [-0.15, -0.1) is 11.3 Å². The smallest absolute Gasteiger partial charge is 0.131 e. The second-order valence-electron chi connectivity index (χ2n) is 4.30. The summed E-state index contributed by atoms with van der Waals surface area (Å²) in [7, 11) is 1.99. The zero-order valence-corrected chi connectivity index (χ0v) is 11.5. The lowest BCUT2D eigenvalue weighted by atomic mass is 10.1. The van der Waals surface area contributed by atoms with Gasteiger partial charge in [0, 0.05) is 30.4 Å². The maximum atomic E-state index is 9.35. The number of thiophene rings is 1. The molecule has 2 aromatic rings. The van der Waals surface area contributed by atoms with Crippen LogP contribution in [0.5, 0.6) is 0 Å². The van der Waals surface area contributed by atoms with Crippen LogP contribution in [-0.2, 0) is 7.05 Å². The lowest BCUT2D eigenvalue weighted by molar-refractivity contribution is 0.231. The molecule has 0 aromatic carbocycles. The number of hydrogen-bond acceptors (Lipinski definition) is 4. The highest BCUT2D eigenvalue weighted by atomic mass is 32.1. The van der Waals surface area contributed by atoms with Crippen molar-refractivity contribution in [1.82, 2.24) is 14.9 Å². The molecule has 2 unspecified atom stereocenters. The van der Waals surface area contributed by atoms with Gasteiger partial charge in [-0.05, 0) is 17.9 Å². The van der Waals surface area contributed by atoms with Crippen LogP contribution in [0.4, 0.5) is 0 Å². The molecule has 2 N–H and O–H groups in total. The first-order valence-corrected chi connectivity index (χ1v) is 7.01. The van der Waals surface area contributed by atoms with Crippen LogP contribution in [-0.4, -0.2) is 27.3 Å². The summed E-state index contributed by atoms with van der Waals surface area (Å²) in [5, 5.41) is 14.9. The molecule has 0 fully saturated rings. The van der Waals surface area contributed by atoms with Gasteiger partial charge in [0.2, 0.25) is 0 Å². The number of aliphatic hydroxyl groups is 1. The van der Waals surface area contributed by atoms with Crippen molar-refractivity contribution in [3.8, 4) is 0 Å². The molecule has 98 valence electrons. The summed E-state index contributed by atoms with van der Waals surface area (Å²) in [4.78, 5) is 5.64. The van der Waals surface area contributed by atoms with E-state index >= 15 is 0 Å². The van der Waals surface area contributed by atoms with Gasteiger partial charge in [-0.25, -0.2) is 4.98 Å². The molecule has 2 heterocycles. The summed E-state index contributed by atoms with van der Waals surface area (Å²) < 4.78 is 2.02. The number of hydrogen-bond donors (Lipinski definition) is 2. The van der Waals surface area contributed by atoms with Crippen molar-refractivity contribution in [1.29, 1.82) is 0 Å². The predicted molar refractivity (Wildman–Crippen MR) is 73.7 cm³/mol. The SMILES string of the molecule is CCC(CO)NC(c1cccs1)c1nccn1C. The van der Waals surface area contributed by atoms with Gasteiger partial charge in [0.1, 0.15) is 11.9 Å². The number of rotatable bonds is 6. The molecule has 0 amide bonds. The van der Waals surface area contributed by atoms with Crippen LogP contribution in [0.15, 0.2) is 29.9 Å². The van der Waals surface area contributed by atoms with Crippen molar-refractivity contribution in [2.75, 3.05) is 6.61 Å². The van der Waals surface area contributed by atoms with E-state index in [1.807, 2.05) is 23.9 Å². The number of nitrogens with zero attached hydrogens (tertiary/aromatic N) is 2. The van der Waals surface area contributed by atoms with E-state index in [0.29, 0.717) is 0 Å². The third-order valence-corrected chi connectivity index (χ3v) is 4.00. The van der Waals surface area contributed by atoms with Gasteiger partial charge in [0.15, 0.2) is 0 Å². The van der Waals surface area contributed by atoms with E-state index in [2.05, 4.69) is 28.7 Å². The second-order valence-corrected chi connectivity index (χ2v) is 5.28. The highest BCUT2D eigenvalue weighted by molar-refractivity contribution is 7.10. The van der Waals surface area contributed by atoms with Crippen molar-refractivity contribution < 1.29 is 5.11 Å². The summed E-state index contributed by atoms with van der Waals surface area (Å²) in [6.07, 6.45) is 4.64. The fourth-order valence-electron chi connectivity index (χ4n) is 1.93. The molecule has 4 nitrogen and oxygen atoms in total. The minimum absolute atomic E-state index is 0.0436. The van der Waals surface area contributed by atoms with Gasteiger partial charge in [-0.3, -0.25) is 5.32 Å². The highest BCUT2D eigenvalue weighted by Gasteiger charge is 2.21. The minimum Gasteiger partial charge on any atom is -0.395 e. The van der Waals surface area contributed by atoms with Crippen LogP contribution in [0.1, 0.15) is 30.1 Å². The van der Waals surface area contributed by atoms with Crippen LogP contribution < -0.4 is 5.32 Å². The van der Waals surface area contributed by atoms with Crippen LogP contribution in [0.2, 0.25) is 0 Å². The number of aryl methyl sites for hydroxylation is 1. The van der Waals surface area contributed by atoms with E-state index in [1.165, 1.54) is 4.88 Å². The summed E-state index contributed by atoms with van der Waals surface area (Å²) in [5.41, 5.74) is 0. The van der Waals surface area contributed by atoms with E-state index < -0.39 is 0 Å². The first-order chi connectivity index (χ1) is 8.76. The Labute approximate surface area is 111 Å². The lowest BCUT2D eigenvalue weighted by Crippen LogP contribution is -2.36. The van der Waals surface area contributed by atoms with Gasteiger partial charge in [0.25, 0.3) is 0 Å². The van der Waals surface area contributed by atoms with Crippen LogP contribution in [0.3, 0.4) is 0 Å². The second kappa shape index (κ2) is 6.13. The molecular weight excluding hydrogens is 246 g/mol. The highest BCUT2D eigenvalue weighted by Crippen LogP contribution is 2.25. The first kappa shape index (κ1) is 13.3. The summed E-state index contributed by atoms with van der Waals surface area (Å²) in [5.74, 6) is 0.976. The van der Waals surface area contributed by atoms with Crippen LogP contribution in [0.25, 0.3) is 0 Å². The quantitative estimate of drug-likeness (QED) is 0.839. The van der Waals surface area contributed by atoms with Gasteiger partial charge in [-0.2, -0.15) is 0 Å². The third-order valence-electron chi connectivity index (χ3n) is 3.06. The maximum Gasteiger partial charge on any atom is 0.131 e. The van der Waals surface area contributed by atoms with Gasteiger partial charge in [0.05, 0.1) is 6.61 Å². The Morgan fingerprint density at radius 2 is 2.39 bits per heavy atom. The maximum absolute atomic E-state index is 9.35. The minimum atomic E-state index is 0.0436. The lowest BCUT2D eigenvalue weighted by Gasteiger charge is -2.22. The Hall–Kier alpha value is -1.17. The van der Waals surface area contributed by atoms with E-state index in [4.69, 9.17) is 0 Å². The monoisotopic (exact) mass is 265 g/mol. The number of aliphatic hydroxyl groups excluding tert-OH is 1. The summed E-state index contributed by atoms with van der Waals surface area (Å²) in [6.45, 7) is 2.21. The van der Waals surface area contributed by atoms with Crippen molar-refractivity contribution in [3.05, 3.63) is 40.6 Å². The molecular formula is C13H19N3OS. The van der Waals surface area contributed by atoms with Crippen molar-refractivity contribution >= 4 is 11.3 Å². The molecule has 0 saturated carbocycles. The molecule has 2 rings (SSSR count). The Morgan fingerprint density at radius 1 is 1.56 bits per heavy atom. The molecule has 0 spiro atoms. The van der Waals surface area contributed by atoms with E-state index in [-0.39, 0.29) is 18.7 Å². The van der Waals surface area contributed by atoms with Crippen LogP contribution in [0, 0.1) is 0 Å². The number of nitrogens with one attached hydrogen (secondary N) is 1. The fraction of sp³-hybridized carbons (Fsp3) is 0.462. The molecule has 2 atom stereocenters. The topological polar surface area (TPSA) is 50.1 Å². The molecule has 5 heteroatoms. The Morgan fingerprint density at radius 3 is 2.89 bits per heavy atom. The molecule has 2 aromatic heterocycles. The van der Waals surface area contributed by atoms with Crippen LogP contribution >= 0.6 is 11.3 Å². The van der Waals surface area contributed by atoms with Crippen molar-refractivity contribution in [2.24, 2.45) is 7.05 Å². The standard InChI is InChI=1S/C13H19N3OS/c1-3-10(9-17)15-12(11-5-4-8-18-11)13-14-6-7-16(13)2/h4-8,10,12,15,17H,3,9H2,1-2H3.